The van der Waals surface area contributed by atoms with E-state index < -0.39 is 0 Å². The fraction of sp³-hybridized carbons (Fsp3) is 0.455. The molecule has 13 heavy (non-hydrogen) atoms. The van der Waals surface area contributed by atoms with Crippen molar-refractivity contribution in [2.75, 3.05) is 20.6 Å². The van der Waals surface area contributed by atoms with Crippen LogP contribution in [0.1, 0.15) is 5.56 Å². The largest absolute Gasteiger partial charge is 0.488 e. The lowest BCUT2D eigenvalue weighted by atomic mass is 10.1. The van der Waals surface area contributed by atoms with Gasteiger partial charge in [-0.25, -0.2) is 0 Å². The fourth-order valence-electron chi connectivity index (χ4n) is 1.76. The Balaban J connectivity index is 2.05. The number of likely N-dealkylation sites (N-methyl/N-ethyl adjacent to an activating group) is 1. The highest BCUT2D eigenvalue weighted by Gasteiger charge is 2.22. The van der Waals surface area contributed by atoms with Crippen LogP contribution in [0.15, 0.2) is 24.3 Å². The second-order valence-corrected chi connectivity index (χ2v) is 3.81. The van der Waals surface area contributed by atoms with Crippen molar-refractivity contribution < 1.29 is 4.74 Å². The highest BCUT2D eigenvalue weighted by Crippen LogP contribution is 2.27. The minimum absolute atomic E-state index is 0.340. The van der Waals surface area contributed by atoms with Crippen LogP contribution in [-0.2, 0) is 6.42 Å². The first-order valence-corrected chi connectivity index (χ1v) is 4.65. The molecule has 2 nitrogen and oxygen atoms in total. The minimum atomic E-state index is 0.340. The molecule has 1 aliphatic rings. The molecule has 1 aromatic carbocycles. The van der Waals surface area contributed by atoms with Crippen molar-refractivity contribution in [1.29, 1.82) is 0 Å². The maximum Gasteiger partial charge on any atom is 0.123 e. The van der Waals surface area contributed by atoms with Gasteiger partial charge in [-0.1, -0.05) is 18.2 Å². The van der Waals surface area contributed by atoms with E-state index in [2.05, 4.69) is 31.1 Å². The van der Waals surface area contributed by atoms with Gasteiger partial charge in [0.05, 0.1) is 0 Å². The molecule has 1 aliphatic heterocycles. The summed E-state index contributed by atoms with van der Waals surface area (Å²) in [6.45, 7) is 0.995. The summed E-state index contributed by atoms with van der Waals surface area (Å²) in [7, 11) is 4.15. The van der Waals surface area contributed by atoms with Crippen molar-refractivity contribution in [1.82, 2.24) is 4.90 Å². The van der Waals surface area contributed by atoms with Crippen LogP contribution < -0.4 is 4.74 Å². The van der Waals surface area contributed by atoms with Crippen molar-refractivity contribution in [3.63, 3.8) is 0 Å². The number of hydrogen-bond donors (Lipinski definition) is 0. The summed E-state index contributed by atoms with van der Waals surface area (Å²) in [5.74, 6) is 1.06. The summed E-state index contributed by atoms with van der Waals surface area (Å²) < 4.78 is 5.78. The van der Waals surface area contributed by atoms with Gasteiger partial charge in [0.2, 0.25) is 0 Å². The zero-order valence-corrected chi connectivity index (χ0v) is 8.16. The SMILES string of the molecule is CN(C)CC1Cc2ccccc2O1. The smallest absolute Gasteiger partial charge is 0.123 e. The fourth-order valence-corrected chi connectivity index (χ4v) is 1.76. The lowest BCUT2D eigenvalue weighted by molar-refractivity contribution is 0.184. The first-order valence-electron chi connectivity index (χ1n) is 4.65. The molecule has 0 bridgehead atoms. The molecule has 0 saturated carbocycles. The van der Waals surface area contributed by atoms with Gasteiger partial charge in [0, 0.05) is 13.0 Å². The molecule has 1 unspecified atom stereocenters. The van der Waals surface area contributed by atoms with Gasteiger partial charge < -0.3 is 9.64 Å². The van der Waals surface area contributed by atoms with Gasteiger partial charge in [0.15, 0.2) is 0 Å². The lowest BCUT2D eigenvalue weighted by Crippen LogP contribution is -2.29. The average Bonchev–Trinajstić information content (AvgIpc) is 2.44. The van der Waals surface area contributed by atoms with E-state index in [0.717, 1.165) is 18.7 Å². The van der Waals surface area contributed by atoms with E-state index in [0.29, 0.717) is 6.10 Å². The zero-order chi connectivity index (χ0) is 9.26. The van der Waals surface area contributed by atoms with Crippen LogP contribution >= 0.6 is 0 Å². The van der Waals surface area contributed by atoms with Crippen molar-refractivity contribution >= 4 is 0 Å². The Kier molecular flexibility index (Phi) is 2.23. The van der Waals surface area contributed by atoms with Crippen LogP contribution in [0, 0.1) is 0 Å². The first kappa shape index (κ1) is 8.57. The number of hydrogen-bond acceptors (Lipinski definition) is 2. The number of fused-ring (bicyclic) bond motifs is 1. The molecule has 1 atom stereocenters. The van der Waals surface area contributed by atoms with Gasteiger partial charge in [0.1, 0.15) is 11.9 Å². The molecular formula is C11H15NO. The summed E-state index contributed by atoms with van der Waals surface area (Å²) in [4.78, 5) is 2.16. The topological polar surface area (TPSA) is 12.5 Å². The lowest BCUT2D eigenvalue weighted by Gasteiger charge is -2.15. The summed E-state index contributed by atoms with van der Waals surface area (Å²) in [6.07, 6.45) is 1.39. The van der Waals surface area contributed by atoms with Crippen molar-refractivity contribution in [2.45, 2.75) is 12.5 Å². The maximum atomic E-state index is 5.78. The zero-order valence-electron chi connectivity index (χ0n) is 8.16. The monoisotopic (exact) mass is 177 g/mol. The molecule has 0 amide bonds. The highest BCUT2D eigenvalue weighted by molar-refractivity contribution is 5.37. The molecule has 0 fully saturated rings. The summed E-state index contributed by atoms with van der Waals surface area (Å²) in [5, 5.41) is 0. The Morgan fingerprint density at radius 2 is 2.15 bits per heavy atom. The maximum absolute atomic E-state index is 5.78. The Morgan fingerprint density at radius 3 is 2.85 bits per heavy atom. The Hall–Kier alpha value is -1.02. The Morgan fingerprint density at radius 1 is 1.38 bits per heavy atom. The van der Waals surface area contributed by atoms with E-state index in [-0.39, 0.29) is 0 Å². The number of ether oxygens (including phenoxy) is 1. The van der Waals surface area contributed by atoms with E-state index in [1.165, 1.54) is 5.56 Å². The van der Waals surface area contributed by atoms with Crippen molar-refractivity contribution in [3.05, 3.63) is 29.8 Å². The third kappa shape index (κ3) is 1.83. The van der Waals surface area contributed by atoms with Gasteiger partial charge >= 0.3 is 0 Å². The van der Waals surface area contributed by atoms with Crippen LogP contribution in [0.5, 0.6) is 5.75 Å². The molecular weight excluding hydrogens is 162 g/mol. The molecule has 0 radical (unpaired) electrons. The second-order valence-electron chi connectivity index (χ2n) is 3.81. The third-order valence-electron chi connectivity index (χ3n) is 2.28. The third-order valence-corrected chi connectivity index (χ3v) is 2.28. The summed E-state index contributed by atoms with van der Waals surface area (Å²) in [6, 6.07) is 8.28. The number of para-hydroxylation sites is 1. The number of nitrogens with zero attached hydrogens (tertiary/aromatic N) is 1. The van der Waals surface area contributed by atoms with Crippen molar-refractivity contribution in [2.24, 2.45) is 0 Å². The molecule has 0 N–H and O–H groups in total. The molecule has 70 valence electrons. The number of rotatable bonds is 2. The average molecular weight is 177 g/mol. The molecule has 0 saturated heterocycles. The van der Waals surface area contributed by atoms with E-state index >= 15 is 0 Å². The van der Waals surface area contributed by atoms with E-state index in [4.69, 9.17) is 4.74 Å². The molecule has 0 aliphatic carbocycles. The Bertz CT molecular complexity index is 271. The summed E-state index contributed by atoms with van der Waals surface area (Å²) >= 11 is 0. The first-order chi connectivity index (χ1) is 6.25. The molecule has 1 heterocycles. The quantitative estimate of drug-likeness (QED) is 0.679. The van der Waals surface area contributed by atoms with Gasteiger partial charge in [-0.15, -0.1) is 0 Å². The van der Waals surface area contributed by atoms with Crippen LogP contribution in [0.4, 0.5) is 0 Å². The van der Waals surface area contributed by atoms with Gasteiger partial charge in [0.25, 0.3) is 0 Å². The van der Waals surface area contributed by atoms with E-state index in [1.807, 2.05) is 12.1 Å². The van der Waals surface area contributed by atoms with E-state index in [1.54, 1.807) is 0 Å². The molecule has 2 rings (SSSR count). The van der Waals surface area contributed by atoms with E-state index in [9.17, 15) is 0 Å². The predicted octanol–water partition coefficient (Wildman–Crippen LogP) is 1.55. The molecule has 2 heteroatoms. The predicted molar refractivity (Wildman–Crippen MR) is 53.1 cm³/mol. The highest BCUT2D eigenvalue weighted by atomic mass is 16.5. The molecule has 0 spiro atoms. The normalized spacial score (nSPS) is 20.1. The number of benzene rings is 1. The summed E-state index contributed by atoms with van der Waals surface area (Å²) in [5.41, 5.74) is 1.34. The Labute approximate surface area is 79.1 Å². The minimum Gasteiger partial charge on any atom is -0.488 e. The van der Waals surface area contributed by atoms with Crippen LogP contribution in [0.25, 0.3) is 0 Å². The van der Waals surface area contributed by atoms with Crippen LogP contribution in [0.2, 0.25) is 0 Å². The van der Waals surface area contributed by atoms with Gasteiger partial charge in [-0.05, 0) is 25.7 Å². The second kappa shape index (κ2) is 3.38. The van der Waals surface area contributed by atoms with Gasteiger partial charge in [-0.2, -0.15) is 0 Å². The van der Waals surface area contributed by atoms with Crippen LogP contribution in [-0.4, -0.2) is 31.6 Å². The van der Waals surface area contributed by atoms with Crippen molar-refractivity contribution in [3.8, 4) is 5.75 Å². The molecule has 0 aromatic heterocycles. The standard InChI is InChI=1S/C11H15NO/c1-12(2)8-10-7-9-5-3-4-6-11(9)13-10/h3-6,10H,7-8H2,1-2H3. The van der Waals surface area contributed by atoms with Crippen LogP contribution in [0.3, 0.4) is 0 Å². The van der Waals surface area contributed by atoms with Gasteiger partial charge in [-0.3, -0.25) is 0 Å². The molecule has 1 aromatic rings.